The molecule has 5 rings (SSSR count). The lowest BCUT2D eigenvalue weighted by Gasteiger charge is -2.41. The molecule has 2 fully saturated rings. The van der Waals surface area contributed by atoms with Crippen LogP contribution in [0.5, 0.6) is 0 Å². The molecular weight excluding hydrogens is 538 g/mol. The van der Waals surface area contributed by atoms with Crippen molar-refractivity contribution in [2.45, 2.75) is 70.6 Å². The Morgan fingerprint density at radius 3 is 2.22 bits per heavy atom. The largest absolute Gasteiger partial charge is 0.456 e. The fraction of sp³-hybridized carbons (Fsp3) is 0.433. The zero-order valence-electron chi connectivity index (χ0n) is 23.0. The van der Waals surface area contributed by atoms with Crippen molar-refractivity contribution in [3.63, 3.8) is 0 Å². The minimum absolute atomic E-state index is 0.164. The quantitative estimate of drug-likeness (QED) is 0.333. The van der Waals surface area contributed by atoms with Gasteiger partial charge in [-0.15, -0.1) is 0 Å². The minimum Gasteiger partial charge on any atom is -0.456 e. The minimum atomic E-state index is -1.27. The van der Waals surface area contributed by atoms with Crippen molar-refractivity contribution in [3.05, 3.63) is 59.7 Å². The van der Waals surface area contributed by atoms with Gasteiger partial charge in [0.15, 0.2) is 24.5 Å². The average Bonchev–Trinajstić information content (AvgIpc) is 3.52. The highest BCUT2D eigenvalue weighted by molar-refractivity contribution is 5.92. The van der Waals surface area contributed by atoms with Crippen LogP contribution in [0.15, 0.2) is 42.5 Å². The molecule has 2 saturated heterocycles. The van der Waals surface area contributed by atoms with E-state index >= 15 is 0 Å². The second-order valence-electron chi connectivity index (χ2n) is 10.4. The first-order chi connectivity index (χ1) is 19.6. The predicted molar refractivity (Wildman–Crippen MR) is 144 cm³/mol. The van der Waals surface area contributed by atoms with Gasteiger partial charge in [0, 0.05) is 32.2 Å². The summed E-state index contributed by atoms with van der Waals surface area (Å²) in [5.41, 5.74) is 2.58. The third-order valence-corrected chi connectivity index (χ3v) is 7.38. The van der Waals surface area contributed by atoms with Gasteiger partial charge in [0.2, 0.25) is 0 Å². The number of fused-ring (bicyclic) bond motifs is 1. The number of esters is 3. The first-order valence-corrected chi connectivity index (χ1v) is 13.6. The fourth-order valence-electron chi connectivity index (χ4n) is 5.87. The first-order valence-electron chi connectivity index (χ1n) is 13.6. The third-order valence-electron chi connectivity index (χ3n) is 7.38. The first kappa shape index (κ1) is 28.7. The molecule has 5 atom stereocenters. The molecule has 0 spiro atoms. The van der Waals surface area contributed by atoms with Crippen LogP contribution < -0.4 is 5.32 Å². The molecule has 41 heavy (non-hydrogen) atoms. The highest BCUT2D eigenvalue weighted by Gasteiger charge is 2.49. The highest BCUT2D eigenvalue weighted by Crippen LogP contribution is 2.42. The Bertz CT molecular complexity index is 1450. The maximum atomic E-state index is 14.8. The van der Waals surface area contributed by atoms with Crippen LogP contribution in [0, 0.1) is 11.6 Å². The summed E-state index contributed by atoms with van der Waals surface area (Å²) in [7, 11) is 0. The number of hydrogen-bond donors (Lipinski definition) is 1. The molecule has 11 heteroatoms. The van der Waals surface area contributed by atoms with E-state index in [2.05, 4.69) is 5.32 Å². The summed E-state index contributed by atoms with van der Waals surface area (Å²) in [6, 6.07) is 10.5. The lowest BCUT2D eigenvalue weighted by atomic mass is 9.97. The summed E-state index contributed by atoms with van der Waals surface area (Å²) in [4.78, 5) is 36.4. The zero-order valence-corrected chi connectivity index (χ0v) is 23.0. The van der Waals surface area contributed by atoms with E-state index in [9.17, 15) is 23.2 Å². The number of hydrogen-bond acceptors (Lipinski definition) is 8. The molecule has 3 heterocycles. The van der Waals surface area contributed by atoms with Gasteiger partial charge in [-0.1, -0.05) is 0 Å². The van der Waals surface area contributed by atoms with Crippen LogP contribution in [0.3, 0.4) is 0 Å². The van der Waals surface area contributed by atoms with Crippen molar-refractivity contribution in [1.82, 2.24) is 9.88 Å². The number of carbonyl (C=O) groups is 3. The monoisotopic (exact) mass is 570 g/mol. The van der Waals surface area contributed by atoms with Gasteiger partial charge >= 0.3 is 17.9 Å². The molecule has 1 N–H and O–H groups in total. The van der Waals surface area contributed by atoms with E-state index in [-0.39, 0.29) is 12.6 Å². The van der Waals surface area contributed by atoms with Crippen molar-refractivity contribution in [3.8, 4) is 11.3 Å². The van der Waals surface area contributed by atoms with Crippen molar-refractivity contribution < 1.29 is 42.1 Å². The van der Waals surface area contributed by atoms with Gasteiger partial charge in [-0.25, -0.2) is 8.78 Å². The maximum Gasteiger partial charge on any atom is 0.303 e. The summed E-state index contributed by atoms with van der Waals surface area (Å²) in [6.07, 6.45) is -2.11. The molecule has 0 saturated carbocycles. The van der Waals surface area contributed by atoms with E-state index in [0.29, 0.717) is 23.2 Å². The Morgan fingerprint density at radius 2 is 1.59 bits per heavy atom. The van der Waals surface area contributed by atoms with Gasteiger partial charge in [-0.2, -0.15) is 0 Å². The smallest absolute Gasteiger partial charge is 0.303 e. The van der Waals surface area contributed by atoms with Gasteiger partial charge in [0.1, 0.15) is 11.6 Å². The van der Waals surface area contributed by atoms with Crippen LogP contribution >= 0.6 is 0 Å². The Morgan fingerprint density at radius 1 is 0.927 bits per heavy atom. The number of nitrogens with zero attached hydrogens (tertiary/aromatic N) is 1. The Kier molecular flexibility index (Phi) is 8.37. The van der Waals surface area contributed by atoms with E-state index in [1.807, 2.05) is 0 Å². The molecular formula is C30H32F2N2O7. The van der Waals surface area contributed by atoms with Crippen LogP contribution in [-0.4, -0.2) is 60.0 Å². The van der Waals surface area contributed by atoms with Crippen molar-refractivity contribution >= 4 is 28.8 Å². The molecule has 0 amide bonds. The number of carbonyl (C=O) groups excluding carboxylic acids is 3. The molecule has 1 unspecified atom stereocenters. The molecule has 1 aromatic heterocycles. The number of aromatic nitrogens is 1. The number of ether oxygens (including phenoxy) is 4. The Labute approximate surface area is 235 Å². The molecule has 218 valence electrons. The summed E-state index contributed by atoms with van der Waals surface area (Å²) in [6.45, 7) is 4.28. The molecule has 9 nitrogen and oxygen atoms in total. The fourth-order valence-corrected chi connectivity index (χ4v) is 5.87. The van der Waals surface area contributed by atoms with Crippen molar-refractivity contribution in [1.29, 1.82) is 0 Å². The Balaban J connectivity index is 1.75. The van der Waals surface area contributed by atoms with Crippen LogP contribution in [0.25, 0.3) is 22.2 Å². The SMILES string of the molecule is CC(=O)O[C@H]1[C@H](OC(C)=O)COC(n2c(-c3ccc(F)cc3)c(C[C@@H]3CCCN3)c3ccc(F)cc32)[C@@H]1OC(C)=O. The molecule has 0 bridgehead atoms. The lowest BCUT2D eigenvalue weighted by Crippen LogP contribution is -2.55. The maximum absolute atomic E-state index is 14.8. The molecule has 0 radical (unpaired) electrons. The van der Waals surface area contributed by atoms with Gasteiger partial charge in [0.05, 0.1) is 17.8 Å². The number of halogens is 2. The van der Waals surface area contributed by atoms with Gasteiger partial charge in [-0.3, -0.25) is 14.4 Å². The summed E-state index contributed by atoms with van der Waals surface area (Å²) in [5.74, 6) is -2.93. The van der Waals surface area contributed by atoms with Crippen LogP contribution in [0.1, 0.15) is 45.4 Å². The highest BCUT2D eigenvalue weighted by atomic mass is 19.1. The van der Waals surface area contributed by atoms with E-state index < -0.39 is 54.1 Å². The summed E-state index contributed by atoms with van der Waals surface area (Å²) >= 11 is 0. The van der Waals surface area contributed by atoms with Gasteiger partial charge in [0.25, 0.3) is 0 Å². The second kappa shape index (κ2) is 12.0. The van der Waals surface area contributed by atoms with Crippen molar-refractivity contribution in [2.75, 3.05) is 13.2 Å². The Hall–Kier alpha value is -3.83. The lowest BCUT2D eigenvalue weighted by molar-refractivity contribution is -0.238. The molecule has 2 aromatic carbocycles. The second-order valence-corrected chi connectivity index (χ2v) is 10.4. The molecule has 2 aliphatic rings. The topological polar surface area (TPSA) is 105 Å². The summed E-state index contributed by atoms with van der Waals surface area (Å²) in [5, 5.41) is 4.24. The number of benzene rings is 2. The van der Waals surface area contributed by atoms with Gasteiger partial charge < -0.3 is 28.8 Å². The van der Waals surface area contributed by atoms with Crippen molar-refractivity contribution in [2.24, 2.45) is 0 Å². The van der Waals surface area contributed by atoms with Crippen LogP contribution in [-0.2, 0) is 39.8 Å². The van der Waals surface area contributed by atoms with E-state index in [4.69, 9.17) is 18.9 Å². The number of nitrogens with one attached hydrogen (secondary N) is 1. The van der Waals surface area contributed by atoms with Crippen LogP contribution in [0.2, 0.25) is 0 Å². The van der Waals surface area contributed by atoms with Crippen LogP contribution in [0.4, 0.5) is 8.78 Å². The standard InChI is InChI=1S/C30H32F2N2O7/c1-16(35)39-26-15-38-30(29(41-18(3)37)28(26)40-17(2)36)34-25-13-21(32)10-11-23(25)24(14-22-5-4-12-33-22)27(34)19-6-8-20(31)9-7-19/h6-11,13,22,26,28-30,33H,4-5,12,14-15H2,1-3H3/t22-,26+,28-,29+,30?/m0/s1. The normalized spacial score (nSPS) is 24.3. The zero-order chi connectivity index (χ0) is 29.3. The molecule has 0 aliphatic carbocycles. The average molecular weight is 571 g/mol. The molecule has 2 aliphatic heterocycles. The van der Waals surface area contributed by atoms with E-state index in [1.165, 1.54) is 45.0 Å². The predicted octanol–water partition coefficient (Wildman–Crippen LogP) is 4.20. The molecule has 3 aromatic rings. The summed E-state index contributed by atoms with van der Waals surface area (Å²) < 4.78 is 53.4. The van der Waals surface area contributed by atoms with E-state index in [1.54, 1.807) is 22.8 Å². The number of rotatable bonds is 7. The van der Waals surface area contributed by atoms with Gasteiger partial charge in [-0.05, 0) is 79.4 Å². The third kappa shape index (κ3) is 6.11. The van der Waals surface area contributed by atoms with E-state index in [0.717, 1.165) is 30.3 Å².